The molecule has 0 spiro atoms. The summed E-state index contributed by atoms with van der Waals surface area (Å²) in [6.07, 6.45) is -1.13. The number of nitrogens with one attached hydrogen (secondary N) is 1. The van der Waals surface area contributed by atoms with Crippen LogP contribution in [-0.2, 0) is 6.54 Å². The lowest BCUT2D eigenvalue weighted by molar-refractivity contribution is 0.169. The van der Waals surface area contributed by atoms with E-state index in [1.54, 1.807) is 24.3 Å². The first-order valence-electron chi connectivity index (χ1n) is 6.43. The van der Waals surface area contributed by atoms with Gasteiger partial charge in [-0.3, -0.25) is 0 Å². The van der Waals surface area contributed by atoms with Gasteiger partial charge in [0.25, 0.3) is 0 Å². The number of hydrogen-bond donors (Lipinski definition) is 2. The molecule has 2 N–H and O–H groups in total. The van der Waals surface area contributed by atoms with Crippen molar-refractivity contribution in [3.8, 4) is 6.07 Å². The van der Waals surface area contributed by atoms with Gasteiger partial charge in [0.15, 0.2) is 0 Å². The molecule has 21 heavy (non-hydrogen) atoms. The average Bonchev–Trinajstić information content (AvgIpc) is 2.50. The highest BCUT2D eigenvalue weighted by Crippen LogP contribution is 2.17. The topological polar surface area (TPSA) is 56.0 Å². The molecule has 2 aromatic carbocycles. The van der Waals surface area contributed by atoms with E-state index in [-0.39, 0.29) is 12.1 Å². The van der Waals surface area contributed by atoms with E-state index in [0.717, 1.165) is 23.8 Å². The van der Waals surface area contributed by atoms with Crippen molar-refractivity contribution >= 4 is 0 Å². The van der Waals surface area contributed by atoms with Crippen molar-refractivity contribution in [3.63, 3.8) is 0 Å². The van der Waals surface area contributed by atoms with Gasteiger partial charge >= 0.3 is 0 Å². The van der Waals surface area contributed by atoms with E-state index in [9.17, 15) is 13.9 Å². The molecule has 0 bridgehead atoms. The van der Waals surface area contributed by atoms with Gasteiger partial charge in [0, 0.05) is 18.7 Å². The smallest absolute Gasteiger partial charge is 0.129 e. The summed E-state index contributed by atoms with van der Waals surface area (Å²) < 4.78 is 26.5. The molecule has 108 valence electrons. The number of benzene rings is 2. The summed E-state index contributed by atoms with van der Waals surface area (Å²) in [7, 11) is 0. The Bertz CT molecular complexity index is 650. The van der Waals surface area contributed by atoms with Crippen LogP contribution in [0.25, 0.3) is 0 Å². The highest BCUT2D eigenvalue weighted by Gasteiger charge is 2.13. The zero-order chi connectivity index (χ0) is 15.2. The highest BCUT2D eigenvalue weighted by molar-refractivity contribution is 5.31. The SMILES string of the molecule is N#Cc1ccc(CNCC(O)c2cc(F)ccc2F)cc1. The standard InChI is InChI=1S/C16H14F2N2O/c17-13-5-6-15(18)14(7-13)16(21)10-20-9-12-3-1-11(8-19)2-4-12/h1-7,16,20-21H,9-10H2. The maximum Gasteiger partial charge on any atom is 0.129 e. The fraction of sp³-hybridized carbons (Fsp3) is 0.188. The van der Waals surface area contributed by atoms with Crippen LogP contribution >= 0.6 is 0 Å². The second kappa shape index (κ2) is 6.93. The largest absolute Gasteiger partial charge is 0.387 e. The Hall–Kier alpha value is -2.29. The molecule has 0 aliphatic rings. The third kappa shape index (κ3) is 4.09. The number of hydrogen-bond acceptors (Lipinski definition) is 3. The molecule has 1 unspecified atom stereocenters. The van der Waals surface area contributed by atoms with E-state index in [1.807, 2.05) is 6.07 Å². The van der Waals surface area contributed by atoms with Crippen molar-refractivity contribution in [3.05, 3.63) is 70.8 Å². The highest BCUT2D eigenvalue weighted by atomic mass is 19.1. The van der Waals surface area contributed by atoms with E-state index in [4.69, 9.17) is 5.26 Å². The molecule has 3 nitrogen and oxygen atoms in total. The molecule has 0 saturated carbocycles. The Morgan fingerprint density at radius 3 is 2.52 bits per heavy atom. The fourth-order valence-electron chi connectivity index (χ4n) is 1.93. The zero-order valence-corrected chi connectivity index (χ0v) is 11.2. The van der Waals surface area contributed by atoms with E-state index in [1.165, 1.54) is 0 Å². The monoisotopic (exact) mass is 288 g/mol. The predicted molar refractivity (Wildman–Crippen MR) is 74.2 cm³/mol. The summed E-state index contributed by atoms with van der Waals surface area (Å²) in [5, 5.41) is 21.5. The molecular formula is C16H14F2N2O. The lowest BCUT2D eigenvalue weighted by Crippen LogP contribution is -2.21. The third-order valence-electron chi connectivity index (χ3n) is 3.07. The zero-order valence-electron chi connectivity index (χ0n) is 11.2. The number of nitriles is 1. The van der Waals surface area contributed by atoms with Crippen molar-refractivity contribution in [1.82, 2.24) is 5.32 Å². The Morgan fingerprint density at radius 1 is 1.14 bits per heavy atom. The van der Waals surface area contributed by atoms with Gasteiger partial charge in [-0.05, 0) is 35.9 Å². The molecule has 0 radical (unpaired) electrons. The molecule has 0 heterocycles. The molecule has 2 rings (SSSR count). The lowest BCUT2D eigenvalue weighted by atomic mass is 10.1. The fourth-order valence-corrected chi connectivity index (χ4v) is 1.93. The molecule has 0 saturated heterocycles. The molecule has 1 atom stereocenters. The van der Waals surface area contributed by atoms with Crippen molar-refractivity contribution in [2.45, 2.75) is 12.6 Å². The van der Waals surface area contributed by atoms with Crippen LogP contribution in [-0.4, -0.2) is 11.7 Å². The van der Waals surface area contributed by atoms with Crippen molar-refractivity contribution in [1.29, 1.82) is 5.26 Å². The van der Waals surface area contributed by atoms with Crippen LogP contribution in [0.15, 0.2) is 42.5 Å². The van der Waals surface area contributed by atoms with Crippen molar-refractivity contribution in [2.75, 3.05) is 6.54 Å². The minimum atomic E-state index is -1.13. The minimum Gasteiger partial charge on any atom is -0.387 e. The van der Waals surface area contributed by atoms with E-state index < -0.39 is 17.7 Å². The first-order valence-corrected chi connectivity index (χ1v) is 6.43. The molecule has 0 aromatic heterocycles. The van der Waals surface area contributed by atoms with Gasteiger partial charge in [-0.15, -0.1) is 0 Å². The predicted octanol–water partition coefficient (Wildman–Crippen LogP) is 2.66. The van der Waals surface area contributed by atoms with E-state index >= 15 is 0 Å². The Labute approximate surface area is 121 Å². The summed E-state index contributed by atoms with van der Waals surface area (Å²) in [5.74, 6) is -1.22. The van der Waals surface area contributed by atoms with Crippen LogP contribution in [0, 0.1) is 23.0 Å². The second-order valence-electron chi connectivity index (χ2n) is 4.62. The normalized spacial score (nSPS) is 11.9. The summed E-state index contributed by atoms with van der Waals surface area (Å²) in [5.41, 5.74) is 1.43. The Morgan fingerprint density at radius 2 is 1.86 bits per heavy atom. The lowest BCUT2D eigenvalue weighted by Gasteiger charge is -2.13. The van der Waals surface area contributed by atoms with Gasteiger partial charge in [0.2, 0.25) is 0 Å². The number of aliphatic hydroxyl groups excluding tert-OH is 1. The van der Waals surface area contributed by atoms with E-state index in [2.05, 4.69) is 5.32 Å². The molecule has 0 amide bonds. The van der Waals surface area contributed by atoms with E-state index in [0.29, 0.717) is 12.1 Å². The maximum absolute atomic E-state index is 13.5. The Balaban J connectivity index is 1.90. The molecule has 0 aliphatic carbocycles. The quantitative estimate of drug-likeness (QED) is 0.889. The van der Waals surface area contributed by atoms with Crippen molar-refractivity contribution < 1.29 is 13.9 Å². The summed E-state index contributed by atoms with van der Waals surface area (Å²) in [6, 6.07) is 12.0. The van der Waals surface area contributed by atoms with Gasteiger partial charge < -0.3 is 10.4 Å². The van der Waals surface area contributed by atoms with Gasteiger partial charge in [-0.2, -0.15) is 5.26 Å². The first-order chi connectivity index (χ1) is 10.1. The number of aliphatic hydroxyl groups is 1. The van der Waals surface area contributed by atoms with Gasteiger partial charge in [-0.1, -0.05) is 12.1 Å². The summed E-state index contributed by atoms with van der Waals surface area (Å²) in [4.78, 5) is 0. The number of nitrogens with zero attached hydrogens (tertiary/aromatic N) is 1. The average molecular weight is 288 g/mol. The second-order valence-corrected chi connectivity index (χ2v) is 4.62. The van der Waals surface area contributed by atoms with Gasteiger partial charge in [0.05, 0.1) is 17.7 Å². The van der Waals surface area contributed by atoms with Crippen LogP contribution in [0.2, 0.25) is 0 Å². The van der Waals surface area contributed by atoms with Crippen LogP contribution in [0.5, 0.6) is 0 Å². The van der Waals surface area contributed by atoms with Crippen molar-refractivity contribution in [2.24, 2.45) is 0 Å². The molecule has 5 heteroatoms. The maximum atomic E-state index is 13.5. The van der Waals surface area contributed by atoms with Crippen LogP contribution in [0.3, 0.4) is 0 Å². The van der Waals surface area contributed by atoms with Gasteiger partial charge in [0.1, 0.15) is 11.6 Å². The Kier molecular flexibility index (Phi) is 4.99. The van der Waals surface area contributed by atoms with Gasteiger partial charge in [-0.25, -0.2) is 8.78 Å². The molecule has 2 aromatic rings. The third-order valence-corrected chi connectivity index (χ3v) is 3.07. The number of rotatable bonds is 5. The van der Waals surface area contributed by atoms with Crippen LogP contribution in [0.4, 0.5) is 8.78 Å². The molecule has 0 fully saturated rings. The molecule has 0 aliphatic heterocycles. The first kappa shape index (κ1) is 15.1. The minimum absolute atomic E-state index is 0.0673. The van der Waals surface area contributed by atoms with Crippen LogP contribution < -0.4 is 5.32 Å². The summed E-state index contributed by atoms with van der Waals surface area (Å²) in [6.45, 7) is 0.556. The van der Waals surface area contributed by atoms with Crippen LogP contribution in [0.1, 0.15) is 22.8 Å². The molecular weight excluding hydrogens is 274 g/mol. The summed E-state index contributed by atoms with van der Waals surface area (Å²) >= 11 is 0. The number of halogens is 2.